The molecule has 0 aromatic carbocycles. The van der Waals surface area contributed by atoms with Gasteiger partial charge in [-0.3, -0.25) is 4.79 Å². The number of nitrogens with zero attached hydrogens (tertiary/aromatic N) is 1. The van der Waals surface area contributed by atoms with Gasteiger partial charge < -0.3 is 4.90 Å². The van der Waals surface area contributed by atoms with Crippen LogP contribution in [0.2, 0.25) is 0 Å². The van der Waals surface area contributed by atoms with Gasteiger partial charge in [-0.1, -0.05) is 19.8 Å². The SMILES string of the molecule is [CH2]CC1(N2CCCC2=O)CCCC1. The summed E-state index contributed by atoms with van der Waals surface area (Å²) in [5, 5.41) is 0. The summed E-state index contributed by atoms with van der Waals surface area (Å²) in [6, 6.07) is 0. The number of likely N-dealkylation sites (tertiary alicyclic amines) is 1. The van der Waals surface area contributed by atoms with Crippen molar-refractivity contribution in [2.24, 2.45) is 0 Å². The summed E-state index contributed by atoms with van der Waals surface area (Å²) in [5.41, 5.74) is 0.160. The van der Waals surface area contributed by atoms with E-state index in [0.29, 0.717) is 5.91 Å². The van der Waals surface area contributed by atoms with Gasteiger partial charge >= 0.3 is 0 Å². The molecule has 2 heteroatoms. The Balaban J connectivity index is 2.15. The molecule has 2 rings (SSSR count). The van der Waals surface area contributed by atoms with Crippen LogP contribution in [-0.4, -0.2) is 22.9 Å². The van der Waals surface area contributed by atoms with Crippen LogP contribution in [0.15, 0.2) is 0 Å². The zero-order valence-electron chi connectivity index (χ0n) is 8.22. The molecule has 2 aliphatic rings. The summed E-state index contributed by atoms with van der Waals surface area (Å²) in [4.78, 5) is 13.7. The zero-order valence-corrected chi connectivity index (χ0v) is 8.22. The first-order chi connectivity index (χ1) is 6.28. The van der Waals surface area contributed by atoms with E-state index >= 15 is 0 Å². The van der Waals surface area contributed by atoms with E-state index in [0.717, 1.165) is 25.8 Å². The lowest BCUT2D eigenvalue weighted by Crippen LogP contribution is -2.46. The summed E-state index contributed by atoms with van der Waals surface area (Å²) in [6.07, 6.45) is 7.64. The largest absolute Gasteiger partial charge is 0.337 e. The highest BCUT2D eigenvalue weighted by atomic mass is 16.2. The van der Waals surface area contributed by atoms with Gasteiger partial charge in [0.25, 0.3) is 0 Å². The maximum Gasteiger partial charge on any atom is 0.223 e. The molecule has 0 unspecified atom stereocenters. The Morgan fingerprint density at radius 1 is 1.31 bits per heavy atom. The molecule has 1 aliphatic heterocycles. The highest BCUT2D eigenvalue weighted by Gasteiger charge is 2.41. The molecule has 13 heavy (non-hydrogen) atoms. The number of carbonyl (C=O) groups excluding carboxylic acids is 1. The average molecular weight is 180 g/mol. The number of carbonyl (C=O) groups is 1. The third kappa shape index (κ3) is 1.36. The third-order valence-electron chi connectivity index (χ3n) is 3.65. The van der Waals surface area contributed by atoms with Crippen molar-refractivity contribution in [1.29, 1.82) is 0 Å². The lowest BCUT2D eigenvalue weighted by Gasteiger charge is -2.38. The van der Waals surface area contributed by atoms with Gasteiger partial charge in [-0.05, 0) is 25.7 Å². The second-order valence-corrected chi connectivity index (χ2v) is 4.33. The van der Waals surface area contributed by atoms with Crippen LogP contribution in [0.5, 0.6) is 0 Å². The predicted octanol–water partition coefficient (Wildman–Crippen LogP) is 2.15. The molecule has 0 bridgehead atoms. The van der Waals surface area contributed by atoms with E-state index in [9.17, 15) is 4.79 Å². The molecular formula is C11H18NO. The summed E-state index contributed by atoms with van der Waals surface area (Å²) in [7, 11) is 0. The molecule has 1 amide bonds. The highest BCUT2D eigenvalue weighted by molar-refractivity contribution is 5.79. The van der Waals surface area contributed by atoms with Gasteiger partial charge in [0.2, 0.25) is 5.91 Å². The Labute approximate surface area is 80.3 Å². The Kier molecular flexibility index (Phi) is 2.31. The minimum atomic E-state index is 0.160. The van der Waals surface area contributed by atoms with Gasteiger partial charge in [0.05, 0.1) is 0 Å². The van der Waals surface area contributed by atoms with Crippen LogP contribution in [0.4, 0.5) is 0 Å². The zero-order chi connectivity index (χ0) is 9.31. The van der Waals surface area contributed by atoms with Crippen LogP contribution in [-0.2, 0) is 4.79 Å². The van der Waals surface area contributed by atoms with Crippen molar-refractivity contribution in [3.05, 3.63) is 6.92 Å². The number of amides is 1. The highest BCUT2D eigenvalue weighted by Crippen LogP contribution is 2.39. The molecule has 0 spiro atoms. The normalized spacial score (nSPS) is 27.2. The summed E-state index contributed by atoms with van der Waals surface area (Å²) in [6.45, 7) is 5.01. The van der Waals surface area contributed by atoms with Crippen molar-refractivity contribution >= 4 is 5.91 Å². The first-order valence-corrected chi connectivity index (χ1v) is 5.38. The number of rotatable bonds is 2. The van der Waals surface area contributed by atoms with Crippen molar-refractivity contribution in [3.8, 4) is 0 Å². The van der Waals surface area contributed by atoms with Gasteiger partial charge in [-0.15, -0.1) is 0 Å². The molecule has 1 saturated carbocycles. The van der Waals surface area contributed by atoms with E-state index in [1.54, 1.807) is 0 Å². The average Bonchev–Trinajstić information content (AvgIpc) is 2.73. The molecular weight excluding hydrogens is 162 g/mol. The van der Waals surface area contributed by atoms with E-state index in [1.165, 1.54) is 25.7 Å². The topological polar surface area (TPSA) is 20.3 Å². The number of hydrogen-bond donors (Lipinski definition) is 0. The Bertz CT molecular complexity index is 206. The molecule has 1 heterocycles. The van der Waals surface area contributed by atoms with E-state index < -0.39 is 0 Å². The Morgan fingerprint density at radius 2 is 2.00 bits per heavy atom. The second-order valence-electron chi connectivity index (χ2n) is 4.33. The van der Waals surface area contributed by atoms with Crippen molar-refractivity contribution in [3.63, 3.8) is 0 Å². The summed E-state index contributed by atoms with van der Waals surface area (Å²) >= 11 is 0. The molecule has 1 radical (unpaired) electrons. The third-order valence-corrected chi connectivity index (χ3v) is 3.65. The molecule has 0 aromatic rings. The van der Waals surface area contributed by atoms with E-state index in [4.69, 9.17) is 0 Å². The monoisotopic (exact) mass is 180 g/mol. The molecule has 0 aromatic heterocycles. The van der Waals surface area contributed by atoms with Crippen LogP contribution in [0.1, 0.15) is 44.9 Å². The van der Waals surface area contributed by atoms with E-state index in [-0.39, 0.29) is 5.54 Å². The minimum Gasteiger partial charge on any atom is -0.337 e. The first-order valence-electron chi connectivity index (χ1n) is 5.38. The lowest BCUT2D eigenvalue weighted by atomic mass is 9.92. The van der Waals surface area contributed by atoms with Crippen molar-refractivity contribution < 1.29 is 4.79 Å². The van der Waals surface area contributed by atoms with Crippen LogP contribution in [0.25, 0.3) is 0 Å². The van der Waals surface area contributed by atoms with Crippen LogP contribution >= 0.6 is 0 Å². The predicted molar refractivity (Wildman–Crippen MR) is 52.1 cm³/mol. The molecule has 2 nitrogen and oxygen atoms in total. The van der Waals surface area contributed by atoms with Crippen LogP contribution in [0, 0.1) is 6.92 Å². The van der Waals surface area contributed by atoms with Gasteiger partial charge in [-0.2, -0.15) is 0 Å². The molecule has 0 N–H and O–H groups in total. The Morgan fingerprint density at radius 3 is 2.46 bits per heavy atom. The van der Waals surface area contributed by atoms with Crippen molar-refractivity contribution in [1.82, 2.24) is 4.90 Å². The van der Waals surface area contributed by atoms with E-state index in [1.807, 2.05) is 0 Å². The Hall–Kier alpha value is -0.530. The van der Waals surface area contributed by atoms with Crippen molar-refractivity contribution in [2.45, 2.75) is 50.5 Å². The summed E-state index contributed by atoms with van der Waals surface area (Å²) < 4.78 is 0. The standard InChI is InChI=1S/C11H18NO/c1-2-11(7-3-4-8-11)12-9-5-6-10(12)13/h1-9H2. The van der Waals surface area contributed by atoms with Gasteiger partial charge in [0, 0.05) is 18.5 Å². The van der Waals surface area contributed by atoms with E-state index in [2.05, 4.69) is 11.8 Å². The molecule has 0 atom stereocenters. The van der Waals surface area contributed by atoms with Gasteiger partial charge in [0.1, 0.15) is 0 Å². The smallest absolute Gasteiger partial charge is 0.223 e. The van der Waals surface area contributed by atoms with Gasteiger partial charge in [-0.25, -0.2) is 0 Å². The molecule has 1 aliphatic carbocycles. The molecule has 73 valence electrons. The fourth-order valence-corrected chi connectivity index (χ4v) is 2.84. The fraction of sp³-hybridized carbons (Fsp3) is 0.818. The van der Waals surface area contributed by atoms with Crippen LogP contribution < -0.4 is 0 Å². The second kappa shape index (κ2) is 3.32. The maximum atomic E-state index is 11.6. The van der Waals surface area contributed by atoms with Crippen LogP contribution in [0.3, 0.4) is 0 Å². The molecule has 1 saturated heterocycles. The van der Waals surface area contributed by atoms with Gasteiger partial charge in [0.15, 0.2) is 0 Å². The summed E-state index contributed by atoms with van der Waals surface area (Å²) in [5.74, 6) is 0.366. The molecule has 2 fully saturated rings. The first kappa shape index (κ1) is 9.04. The lowest BCUT2D eigenvalue weighted by molar-refractivity contribution is -0.133. The maximum absolute atomic E-state index is 11.6. The quantitative estimate of drug-likeness (QED) is 0.637. The fourth-order valence-electron chi connectivity index (χ4n) is 2.84. The minimum absolute atomic E-state index is 0.160. The number of hydrogen-bond acceptors (Lipinski definition) is 1. The van der Waals surface area contributed by atoms with Crippen molar-refractivity contribution in [2.75, 3.05) is 6.54 Å².